The molecule has 2 aromatic rings. The summed E-state index contributed by atoms with van der Waals surface area (Å²) >= 11 is 6.08. The number of ether oxygens (including phenoxy) is 1. The number of carbonyl (C=O) groups is 1. The van der Waals surface area contributed by atoms with Crippen LogP contribution in [0.1, 0.15) is 11.1 Å². The van der Waals surface area contributed by atoms with Crippen molar-refractivity contribution < 1.29 is 9.53 Å². The molecule has 0 fully saturated rings. The normalized spacial score (nSPS) is 10.2. The Balaban J connectivity index is 1.94. The van der Waals surface area contributed by atoms with Crippen LogP contribution in [-0.4, -0.2) is 17.5 Å². The van der Waals surface area contributed by atoms with E-state index < -0.39 is 0 Å². The summed E-state index contributed by atoms with van der Waals surface area (Å²) in [5.41, 5.74) is 1.85. The van der Waals surface area contributed by atoms with Crippen LogP contribution >= 0.6 is 11.6 Å². The van der Waals surface area contributed by atoms with E-state index in [1.165, 1.54) is 0 Å². The number of anilines is 1. The molecular formula is C15H15ClN2O2. The zero-order chi connectivity index (χ0) is 14.5. The molecule has 0 aliphatic carbocycles. The fourth-order valence-electron chi connectivity index (χ4n) is 1.75. The second-order valence-corrected chi connectivity index (χ2v) is 4.80. The molecule has 1 amide bonds. The highest BCUT2D eigenvalue weighted by atomic mass is 35.5. The Morgan fingerprint density at radius 3 is 2.60 bits per heavy atom. The van der Waals surface area contributed by atoms with Gasteiger partial charge in [0, 0.05) is 11.2 Å². The lowest BCUT2D eigenvalue weighted by Gasteiger charge is -2.10. The Kier molecular flexibility index (Phi) is 4.58. The fraction of sp³-hybridized carbons (Fsp3) is 0.200. The summed E-state index contributed by atoms with van der Waals surface area (Å²) in [6, 6.07) is 8.92. The molecule has 0 aliphatic rings. The van der Waals surface area contributed by atoms with Crippen molar-refractivity contribution in [3.63, 3.8) is 0 Å². The average molecular weight is 291 g/mol. The maximum Gasteiger partial charge on any atom is 0.263 e. The summed E-state index contributed by atoms with van der Waals surface area (Å²) in [6.07, 6.45) is 1.61. The van der Waals surface area contributed by atoms with Crippen molar-refractivity contribution in [3.05, 3.63) is 52.7 Å². The van der Waals surface area contributed by atoms with Gasteiger partial charge in [-0.25, -0.2) is 4.98 Å². The minimum absolute atomic E-state index is 0.0723. The van der Waals surface area contributed by atoms with Crippen LogP contribution in [0.15, 0.2) is 36.5 Å². The van der Waals surface area contributed by atoms with Gasteiger partial charge in [0.15, 0.2) is 6.61 Å². The van der Waals surface area contributed by atoms with E-state index in [1.54, 1.807) is 24.4 Å². The number of hydrogen-bond acceptors (Lipinski definition) is 3. The first kappa shape index (κ1) is 14.3. The highest BCUT2D eigenvalue weighted by Crippen LogP contribution is 2.25. The zero-order valence-electron chi connectivity index (χ0n) is 11.3. The van der Waals surface area contributed by atoms with Crippen LogP contribution in [0.3, 0.4) is 0 Å². The first-order valence-electron chi connectivity index (χ1n) is 6.16. The van der Waals surface area contributed by atoms with Crippen LogP contribution in [0.4, 0.5) is 5.82 Å². The third-order valence-electron chi connectivity index (χ3n) is 2.71. The summed E-state index contributed by atoms with van der Waals surface area (Å²) in [5.74, 6) is 0.874. The predicted octanol–water partition coefficient (Wildman–Crippen LogP) is 3.37. The van der Waals surface area contributed by atoms with Crippen molar-refractivity contribution in [2.75, 3.05) is 11.9 Å². The Hall–Kier alpha value is -2.07. The lowest BCUT2D eigenvalue weighted by Crippen LogP contribution is -2.20. The van der Waals surface area contributed by atoms with E-state index >= 15 is 0 Å². The minimum atomic E-state index is -0.256. The minimum Gasteiger partial charge on any atom is -0.484 e. The maximum absolute atomic E-state index is 11.7. The molecule has 0 unspecified atom stereocenters. The Morgan fingerprint density at radius 2 is 2.00 bits per heavy atom. The number of nitrogens with zero attached hydrogens (tertiary/aromatic N) is 1. The predicted molar refractivity (Wildman–Crippen MR) is 79.3 cm³/mol. The lowest BCUT2D eigenvalue weighted by molar-refractivity contribution is -0.118. The van der Waals surface area contributed by atoms with Gasteiger partial charge in [0.2, 0.25) is 0 Å². The first-order chi connectivity index (χ1) is 9.56. The molecule has 104 valence electrons. The number of amides is 1. The van der Waals surface area contributed by atoms with Gasteiger partial charge in [-0.15, -0.1) is 0 Å². The Morgan fingerprint density at radius 1 is 1.30 bits per heavy atom. The van der Waals surface area contributed by atoms with E-state index in [-0.39, 0.29) is 12.5 Å². The van der Waals surface area contributed by atoms with Crippen molar-refractivity contribution in [2.24, 2.45) is 0 Å². The first-order valence-corrected chi connectivity index (χ1v) is 6.54. The highest BCUT2D eigenvalue weighted by Gasteiger charge is 2.07. The van der Waals surface area contributed by atoms with E-state index in [9.17, 15) is 4.79 Å². The standard InChI is InChI=1S/C15H15ClN2O2/c1-10-7-12(8-11(2)15(10)16)20-9-14(19)18-13-5-3-4-6-17-13/h3-8H,9H2,1-2H3,(H,17,18,19). The molecular weight excluding hydrogens is 276 g/mol. The number of aromatic nitrogens is 1. The molecule has 0 spiro atoms. The van der Waals surface area contributed by atoms with E-state index in [1.807, 2.05) is 26.0 Å². The molecule has 1 aromatic heterocycles. The number of hydrogen-bond donors (Lipinski definition) is 1. The quantitative estimate of drug-likeness (QED) is 0.939. The molecule has 4 nitrogen and oxygen atoms in total. The fourth-order valence-corrected chi connectivity index (χ4v) is 1.86. The third-order valence-corrected chi connectivity index (χ3v) is 3.31. The van der Waals surface area contributed by atoms with Gasteiger partial charge in [-0.3, -0.25) is 4.79 Å². The van der Waals surface area contributed by atoms with Gasteiger partial charge < -0.3 is 10.1 Å². The molecule has 2 rings (SSSR count). The van der Waals surface area contributed by atoms with Crippen LogP contribution in [0.25, 0.3) is 0 Å². The number of carbonyl (C=O) groups excluding carboxylic acids is 1. The SMILES string of the molecule is Cc1cc(OCC(=O)Nc2ccccn2)cc(C)c1Cl. The molecule has 0 saturated heterocycles. The molecule has 5 heteroatoms. The van der Waals surface area contributed by atoms with Crippen LogP contribution in [0.5, 0.6) is 5.75 Å². The topological polar surface area (TPSA) is 51.2 Å². The lowest BCUT2D eigenvalue weighted by atomic mass is 10.1. The number of nitrogens with one attached hydrogen (secondary N) is 1. The summed E-state index contributed by atoms with van der Waals surface area (Å²) in [6.45, 7) is 3.73. The van der Waals surface area contributed by atoms with Gasteiger partial charge in [0.25, 0.3) is 5.91 Å². The molecule has 0 aliphatic heterocycles. The van der Waals surface area contributed by atoms with E-state index in [0.717, 1.165) is 16.1 Å². The van der Waals surface area contributed by atoms with Crippen molar-refractivity contribution in [3.8, 4) is 5.75 Å². The molecule has 0 bridgehead atoms. The molecule has 1 heterocycles. The average Bonchev–Trinajstić information content (AvgIpc) is 2.43. The summed E-state index contributed by atoms with van der Waals surface area (Å²) in [5, 5.41) is 3.37. The summed E-state index contributed by atoms with van der Waals surface area (Å²) < 4.78 is 5.46. The van der Waals surface area contributed by atoms with Crippen molar-refractivity contribution in [2.45, 2.75) is 13.8 Å². The van der Waals surface area contributed by atoms with Crippen molar-refractivity contribution in [1.29, 1.82) is 0 Å². The van der Waals surface area contributed by atoms with Gasteiger partial charge in [0.05, 0.1) is 0 Å². The summed E-state index contributed by atoms with van der Waals surface area (Å²) in [4.78, 5) is 15.7. The van der Waals surface area contributed by atoms with Crippen LogP contribution in [0.2, 0.25) is 5.02 Å². The third kappa shape index (κ3) is 3.71. The van der Waals surface area contributed by atoms with E-state index in [2.05, 4.69) is 10.3 Å². The van der Waals surface area contributed by atoms with Crippen LogP contribution in [0, 0.1) is 13.8 Å². The zero-order valence-corrected chi connectivity index (χ0v) is 12.1. The molecule has 0 radical (unpaired) electrons. The van der Waals surface area contributed by atoms with Gasteiger partial charge in [-0.05, 0) is 49.2 Å². The second-order valence-electron chi connectivity index (χ2n) is 4.42. The molecule has 1 aromatic carbocycles. The van der Waals surface area contributed by atoms with Crippen molar-refractivity contribution >= 4 is 23.3 Å². The number of pyridine rings is 1. The monoisotopic (exact) mass is 290 g/mol. The molecule has 0 atom stereocenters. The smallest absolute Gasteiger partial charge is 0.263 e. The Bertz CT molecular complexity index is 592. The summed E-state index contributed by atoms with van der Waals surface area (Å²) in [7, 11) is 0. The number of benzene rings is 1. The molecule has 20 heavy (non-hydrogen) atoms. The van der Waals surface area contributed by atoms with E-state index in [0.29, 0.717) is 11.6 Å². The molecule has 0 saturated carbocycles. The molecule has 1 N–H and O–H groups in total. The maximum atomic E-state index is 11.7. The Labute approximate surface area is 122 Å². The van der Waals surface area contributed by atoms with Crippen LogP contribution in [-0.2, 0) is 4.79 Å². The highest BCUT2D eigenvalue weighted by molar-refractivity contribution is 6.32. The van der Waals surface area contributed by atoms with E-state index in [4.69, 9.17) is 16.3 Å². The van der Waals surface area contributed by atoms with Gasteiger partial charge in [0.1, 0.15) is 11.6 Å². The number of rotatable bonds is 4. The van der Waals surface area contributed by atoms with Crippen molar-refractivity contribution in [1.82, 2.24) is 4.98 Å². The number of halogens is 1. The largest absolute Gasteiger partial charge is 0.484 e. The van der Waals surface area contributed by atoms with Gasteiger partial charge >= 0.3 is 0 Å². The van der Waals surface area contributed by atoms with Gasteiger partial charge in [-0.2, -0.15) is 0 Å². The van der Waals surface area contributed by atoms with Crippen LogP contribution < -0.4 is 10.1 Å². The van der Waals surface area contributed by atoms with Gasteiger partial charge in [-0.1, -0.05) is 17.7 Å². The second kappa shape index (κ2) is 6.39. The number of aryl methyl sites for hydroxylation is 2.